The second-order valence-corrected chi connectivity index (χ2v) is 11.6. The lowest BCUT2D eigenvalue weighted by Crippen LogP contribution is -2.30. The van der Waals surface area contributed by atoms with Crippen LogP contribution in [0.2, 0.25) is 0 Å². The third-order valence-corrected chi connectivity index (χ3v) is 8.09. The number of anilines is 2. The number of nitrogens with zero attached hydrogens (tertiary/aromatic N) is 1. The molecule has 3 amide bonds. The van der Waals surface area contributed by atoms with Crippen LogP contribution in [-0.2, 0) is 9.59 Å². The number of para-hydroxylation sites is 1. The summed E-state index contributed by atoms with van der Waals surface area (Å²) in [6.07, 6.45) is 1.48. The van der Waals surface area contributed by atoms with Gasteiger partial charge in [0, 0.05) is 16.1 Å². The van der Waals surface area contributed by atoms with Crippen LogP contribution in [0.3, 0.4) is 0 Å². The number of carbonyl (C=O) groups is 3. The first-order valence-corrected chi connectivity index (χ1v) is 14.6. The van der Waals surface area contributed by atoms with Gasteiger partial charge < -0.3 is 16.0 Å². The van der Waals surface area contributed by atoms with Gasteiger partial charge in [0.1, 0.15) is 11.5 Å². The predicted molar refractivity (Wildman–Crippen MR) is 167 cm³/mol. The van der Waals surface area contributed by atoms with Crippen molar-refractivity contribution in [3.8, 4) is 0 Å². The van der Waals surface area contributed by atoms with Crippen LogP contribution in [0.15, 0.2) is 114 Å². The minimum Gasteiger partial charge on any atom is -0.321 e. The van der Waals surface area contributed by atoms with Crippen LogP contribution in [0.4, 0.5) is 15.2 Å². The highest BCUT2D eigenvalue weighted by atomic mass is 32.2. The standard InChI is InChI=1S/C32H25FN4O3S2/c1-20(29(38)37-32-36-26-9-5-6-10-28(26)42-32)41-25-17-15-24(16-18-25)34-31(40)27(19-21-11-13-23(33)14-12-21)35-30(39)22-7-3-2-4-8-22/h2-20H,1H3,(H,34,40)(H,35,39)(H,36,37,38)/b27-19-. The Hall–Kier alpha value is -4.80. The van der Waals surface area contributed by atoms with Crippen molar-refractivity contribution in [2.24, 2.45) is 0 Å². The maximum Gasteiger partial charge on any atom is 0.272 e. The number of amides is 3. The third kappa shape index (κ3) is 7.48. The van der Waals surface area contributed by atoms with Gasteiger partial charge in [0.05, 0.1) is 15.5 Å². The fourth-order valence-electron chi connectivity index (χ4n) is 3.87. The Labute approximate surface area is 249 Å². The summed E-state index contributed by atoms with van der Waals surface area (Å²) in [6, 6.07) is 28.8. The Morgan fingerprint density at radius 1 is 0.857 bits per heavy atom. The molecule has 0 aliphatic rings. The number of nitrogens with one attached hydrogen (secondary N) is 3. The molecule has 1 aromatic heterocycles. The molecular formula is C32H25FN4O3S2. The van der Waals surface area contributed by atoms with E-state index >= 15 is 0 Å². The predicted octanol–water partition coefficient (Wildman–Crippen LogP) is 6.96. The van der Waals surface area contributed by atoms with Crippen LogP contribution in [0.25, 0.3) is 16.3 Å². The van der Waals surface area contributed by atoms with E-state index in [2.05, 4.69) is 20.9 Å². The number of benzene rings is 4. The van der Waals surface area contributed by atoms with Crippen LogP contribution in [-0.4, -0.2) is 28.0 Å². The van der Waals surface area contributed by atoms with Crippen molar-refractivity contribution in [1.29, 1.82) is 0 Å². The van der Waals surface area contributed by atoms with Crippen LogP contribution in [0, 0.1) is 5.82 Å². The summed E-state index contributed by atoms with van der Waals surface area (Å²) in [4.78, 5) is 44.0. The highest BCUT2D eigenvalue weighted by Gasteiger charge is 2.18. The Bertz CT molecular complexity index is 1720. The van der Waals surface area contributed by atoms with E-state index < -0.39 is 22.9 Å². The van der Waals surface area contributed by atoms with Gasteiger partial charge >= 0.3 is 0 Å². The first-order valence-electron chi connectivity index (χ1n) is 12.9. The van der Waals surface area contributed by atoms with Gasteiger partial charge in [-0.15, -0.1) is 11.8 Å². The maximum absolute atomic E-state index is 13.4. The summed E-state index contributed by atoms with van der Waals surface area (Å²) in [6.45, 7) is 1.81. The summed E-state index contributed by atoms with van der Waals surface area (Å²) in [5.74, 6) is -1.58. The van der Waals surface area contributed by atoms with Gasteiger partial charge in [0.15, 0.2) is 5.13 Å². The van der Waals surface area contributed by atoms with Crippen LogP contribution in [0.5, 0.6) is 0 Å². The first kappa shape index (κ1) is 28.7. The minimum atomic E-state index is -0.549. The van der Waals surface area contributed by atoms with Crippen molar-refractivity contribution in [2.45, 2.75) is 17.1 Å². The van der Waals surface area contributed by atoms with Crippen molar-refractivity contribution in [1.82, 2.24) is 10.3 Å². The van der Waals surface area contributed by atoms with Crippen molar-refractivity contribution < 1.29 is 18.8 Å². The van der Waals surface area contributed by atoms with Crippen molar-refractivity contribution >= 4 is 67.9 Å². The van der Waals surface area contributed by atoms with E-state index in [4.69, 9.17) is 0 Å². The van der Waals surface area contributed by atoms with E-state index in [1.807, 2.05) is 31.2 Å². The fraction of sp³-hybridized carbons (Fsp3) is 0.0625. The Kier molecular flexibility index (Phi) is 9.05. The average Bonchev–Trinajstić information content (AvgIpc) is 3.41. The Balaban J connectivity index is 1.23. The molecule has 0 bridgehead atoms. The second kappa shape index (κ2) is 13.2. The van der Waals surface area contributed by atoms with Crippen molar-refractivity contribution in [2.75, 3.05) is 10.6 Å². The lowest BCUT2D eigenvalue weighted by molar-refractivity contribution is -0.115. The molecule has 5 aromatic rings. The van der Waals surface area contributed by atoms with E-state index in [-0.39, 0.29) is 11.6 Å². The number of rotatable bonds is 9. The maximum atomic E-state index is 13.4. The quantitative estimate of drug-likeness (QED) is 0.126. The number of carbonyl (C=O) groups excluding carboxylic acids is 3. The number of thiazole rings is 1. The van der Waals surface area contributed by atoms with E-state index in [1.54, 1.807) is 54.6 Å². The van der Waals surface area contributed by atoms with Crippen LogP contribution in [0.1, 0.15) is 22.8 Å². The smallest absolute Gasteiger partial charge is 0.272 e. The minimum absolute atomic E-state index is 0.00551. The molecule has 4 aromatic carbocycles. The number of hydrogen-bond donors (Lipinski definition) is 3. The molecule has 42 heavy (non-hydrogen) atoms. The SMILES string of the molecule is CC(Sc1ccc(NC(=O)/C(=C/c2ccc(F)cc2)NC(=O)c2ccccc2)cc1)C(=O)Nc1nc2ccccc2s1. The molecule has 5 rings (SSSR count). The van der Waals surface area contributed by atoms with E-state index in [0.717, 1.165) is 15.1 Å². The monoisotopic (exact) mass is 596 g/mol. The molecule has 0 saturated heterocycles. The zero-order valence-corrected chi connectivity index (χ0v) is 24.0. The van der Waals surface area contributed by atoms with Gasteiger partial charge in [0.2, 0.25) is 5.91 Å². The zero-order chi connectivity index (χ0) is 29.5. The summed E-state index contributed by atoms with van der Waals surface area (Å²) in [7, 11) is 0. The highest BCUT2D eigenvalue weighted by molar-refractivity contribution is 8.00. The van der Waals surface area contributed by atoms with Gasteiger partial charge in [-0.2, -0.15) is 0 Å². The molecule has 0 saturated carbocycles. The molecule has 1 atom stereocenters. The fourth-order valence-corrected chi connectivity index (χ4v) is 5.61. The molecule has 1 heterocycles. The van der Waals surface area contributed by atoms with Gasteiger partial charge in [-0.25, -0.2) is 9.37 Å². The summed E-state index contributed by atoms with van der Waals surface area (Å²) in [5.41, 5.74) is 2.26. The number of fused-ring (bicyclic) bond motifs is 1. The molecule has 1 unspecified atom stereocenters. The molecule has 0 aliphatic heterocycles. The molecule has 0 fully saturated rings. The normalized spacial score (nSPS) is 12.0. The van der Waals surface area contributed by atoms with Crippen LogP contribution < -0.4 is 16.0 Å². The first-order chi connectivity index (χ1) is 20.3. The number of aromatic nitrogens is 1. The van der Waals surface area contributed by atoms with Gasteiger partial charge in [-0.3, -0.25) is 14.4 Å². The van der Waals surface area contributed by atoms with Crippen molar-refractivity contribution in [3.63, 3.8) is 0 Å². The highest BCUT2D eigenvalue weighted by Crippen LogP contribution is 2.28. The number of hydrogen-bond acceptors (Lipinski definition) is 6. The second-order valence-electron chi connectivity index (χ2n) is 9.14. The number of thioether (sulfide) groups is 1. The molecule has 0 spiro atoms. The average molecular weight is 597 g/mol. The third-order valence-electron chi connectivity index (χ3n) is 6.03. The van der Waals surface area contributed by atoms with Gasteiger partial charge in [-0.05, 0) is 79.2 Å². The summed E-state index contributed by atoms with van der Waals surface area (Å²) >= 11 is 2.80. The zero-order valence-electron chi connectivity index (χ0n) is 22.3. The topological polar surface area (TPSA) is 100 Å². The molecule has 0 aliphatic carbocycles. The molecule has 7 nitrogen and oxygen atoms in total. The van der Waals surface area contributed by atoms with E-state index in [1.165, 1.54) is 53.4 Å². The van der Waals surface area contributed by atoms with Gasteiger partial charge in [-0.1, -0.05) is 53.8 Å². The van der Waals surface area contributed by atoms with E-state index in [9.17, 15) is 18.8 Å². The Morgan fingerprint density at radius 3 is 2.26 bits per heavy atom. The summed E-state index contributed by atoms with van der Waals surface area (Å²) in [5, 5.41) is 8.49. The Morgan fingerprint density at radius 2 is 1.55 bits per heavy atom. The van der Waals surface area contributed by atoms with E-state index in [0.29, 0.717) is 21.9 Å². The largest absolute Gasteiger partial charge is 0.321 e. The lowest BCUT2D eigenvalue weighted by atomic mass is 10.1. The molecular weight excluding hydrogens is 572 g/mol. The van der Waals surface area contributed by atoms with Crippen molar-refractivity contribution in [3.05, 3.63) is 126 Å². The van der Waals surface area contributed by atoms with Gasteiger partial charge in [0.25, 0.3) is 11.8 Å². The molecule has 210 valence electrons. The lowest BCUT2D eigenvalue weighted by Gasteiger charge is -2.13. The summed E-state index contributed by atoms with van der Waals surface area (Å²) < 4.78 is 14.4. The number of halogens is 1. The molecule has 10 heteroatoms. The molecule has 3 N–H and O–H groups in total. The molecule has 0 radical (unpaired) electrons. The van der Waals surface area contributed by atoms with Crippen LogP contribution >= 0.6 is 23.1 Å².